The van der Waals surface area contributed by atoms with Gasteiger partial charge in [0.25, 0.3) is 0 Å². The third kappa shape index (κ3) is 2.31. The Morgan fingerprint density at radius 1 is 1.53 bits per heavy atom. The maximum absolute atomic E-state index is 5.63. The lowest BCUT2D eigenvalue weighted by Crippen LogP contribution is -2.05. The molecule has 1 aromatic carbocycles. The molecule has 78 valence electrons. The summed E-state index contributed by atoms with van der Waals surface area (Å²) in [6.07, 6.45) is 1.30. The summed E-state index contributed by atoms with van der Waals surface area (Å²) in [5, 5.41) is 3.00. The van der Waals surface area contributed by atoms with Crippen LogP contribution in [0.1, 0.15) is 18.1 Å². The van der Waals surface area contributed by atoms with Crippen LogP contribution in [0.5, 0.6) is 5.75 Å². The van der Waals surface area contributed by atoms with Crippen molar-refractivity contribution in [2.45, 2.75) is 19.4 Å². The van der Waals surface area contributed by atoms with Gasteiger partial charge in [0.1, 0.15) is 11.9 Å². The zero-order valence-electron chi connectivity index (χ0n) is 9.13. The van der Waals surface area contributed by atoms with Crippen molar-refractivity contribution < 1.29 is 4.74 Å². The predicted octanol–water partition coefficient (Wildman–Crippen LogP) is 1.58. The Morgan fingerprint density at radius 3 is 3.20 bits per heavy atom. The zero-order chi connectivity index (χ0) is 10.7. The van der Waals surface area contributed by atoms with E-state index in [2.05, 4.69) is 30.1 Å². The summed E-state index contributed by atoms with van der Waals surface area (Å²) >= 11 is 0. The number of hydrogen-bond donors (Lipinski definition) is 1. The normalized spacial score (nSPS) is 17.6. The second kappa shape index (κ2) is 4.37. The van der Waals surface area contributed by atoms with Crippen LogP contribution in [0.15, 0.2) is 18.2 Å². The third-order valence-electron chi connectivity index (χ3n) is 2.39. The van der Waals surface area contributed by atoms with Crippen LogP contribution < -0.4 is 10.1 Å². The lowest BCUT2D eigenvalue weighted by Gasteiger charge is -2.01. The van der Waals surface area contributed by atoms with Crippen molar-refractivity contribution in [3.63, 3.8) is 0 Å². The van der Waals surface area contributed by atoms with E-state index in [0.717, 1.165) is 24.3 Å². The van der Waals surface area contributed by atoms with Gasteiger partial charge < -0.3 is 10.1 Å². The van der Waals surface area contributed by atoms with Gasteiger partial charge in [-0.2, -0.15) is 0 Å². The van der Waals surface area contributed by atoms with E-state index >= 15 is 0 Å². The molecule has 1 N–H and O–H groups in total. The molecule has 0 saturated heterocycles. The lowest BCUT2D eigenvalue weighted by atomic mass is 10.1. The summed E-state index contributed by atoms with van der Waals surface area (Å²) in [6.45, 7) is 2.82. The molecule has 1 heterocycles. The number of nitrogens with one attached hydrogen (secondary N) is 1. The Labute approximate surface area is 90.6 Å². The average Bonchev–Trinajstić information content (AvgIpc) is 2.57. The number of ether oxygens (including phenoxy) is 1. The summed E-state index contributed by atoms with van der Waals surface area (Å²) < 4.78 is 5.63. The Morgan fingerprint density at radius 2 is 2.40 bits per heavy atom. The molecule has 0 radical (unpaired) electrons. The number of hydrogen-bond acceptors (Lipinski definition) is 2. The first-order valence-corrected chi connectivity index (χ1v) is 5.22. The Hall–Kier alpha value is -1.46. The molecule has 0 bridgehead atoms. The van der Waals surface area contributed by atoms with E-state index in [-0.39, 0.29) is 0 Å². The maximum atomic E-state index is 5.63. The predicted molar refractivity (Wildman–Crippen MR) is 61.0 cm³/mol. The first-order chi connectivity index (χ1) is 7.29. The molecule has 0 spiro atoms. The number of fused-ring (bicyclic) bond motifs is 1. The minimum absolute atomic E-state index is 0.306. The Bertz CT molecular complexity index is 414. The lowest BCUT2D eigenvalue weighted by molar-refractivity contribution is 0.254. The quantitative estimate of drug-likeness (QED) is 0.697. The van der Waals surface area contributed by atoms with Gasteiger partial charge in [-0.15, -0.1) is 0 Å². The standard InChI is InChI=1S/C13H15NO/c1-10-8-12-9-11(4-3-7-14-2)5-6-13(12)15-10/h5-6,9-10,14H,7-8H2,1-2H3. The topological polar surface area (TPSA) is 21.3 Å². The molecular weight excluding hydrogens is 186 g/mol. The molecule has 0 aliphatic carbocycles. The van der Waals surface area contributed by atoms with Crippen molar-refractivity contribution in [2.75, 3.05) is 13.6 Å². The minimum Gasteiger partial charge on any atom is -0.490 e. The van der Waals surface area contributed by atoms with Crippen LogP contribution in [0, 0.1) is 11.8 Å². The summed E-state index contributed by atoms with van der Waals surface area (Å²) in [5.74, 6) is 7.19. The van der Waals surface area contributed by atoms with Crippen LogP contribution in [0.3, 0.4) is 0 Å². The fraction of sp³-hybridized carbons (Fsp3) is 0.385. The molecule has 1 aliphatic heterocycles. The van der Waals surface area contributed by atoms with Gasteiger partial charge in [0.15, 0.2) is 0 Å². The molecule has 2 rings (SSSR count). The molecule has 15 heavy (non-hydrogen) atoms. The molecule has 2 heteroatoms. The molecule has 1 aliphatic rings. The molecule has 0 saturated carbocycles. The molecule has 1 atom stereocenters. The monoisotopic (exact) mass is 201 g/mol. The first-order valence-electron chi connectivity index (χ1n) is 5.22. The summed E-state index contributed by atoms with van der Waals surface area (Å²) in [5.41, 5.74) is 2.35. The Balaban J connectivity index is 2.17. The molecule has 2 nitrogen and oxygen atoms in total. The second-order valence-corrected chi connectivity index (χ2v) is 3.79. The van der Waals surface area contributed by atoms with Gasteiger partial charge in [-0.25, -0.2) is 0 Å². The molecule has 1 unspecified atom stereocenters. The number of benzene rings is 1. The van der Waals surface area contributed by atoms with Gasteiger partial charge in [0, 0.05) is 12.0 Å². The Kier molecular flexibility index (Phi) is 2.94. The van der Waals surface area contributed by atoms with E-state index in [0.29, 0.717) is 6.10 Å². The van der Waals surface area contributed by atoms with Crippen LogP contribution >= 0.6 is 0 Å². The largest absolute Gasteiger partial charge is 0.490 e. The SMILES string of the molecule is CNCC#Cc1ccc2c(c1)CC(C)O2. The van der Waals surface area contributed by atoms with Gasteiger partial charge >= 0.3 is 0 Å². The highest BCUT2D eigenvalue weighted by molar-refractivity contribution is 5.46. The van der Waals surface area contributed by atoms with Gasteiger partial charge in [-0.1, -0.05) is 11.8 Å². The van der Waals surface area contributed by atoms with Crippen molar-refractivity contribution in [1.82, 2.24) is 5.32 Å². The van der Waals surface area contributed by atoms with E-state index in [1.807, 2.05) is 19.2 Å². The van der Waals surface area contributed by atoms with Gasteiger partial charge in [-0.05, 0) is 37.7 Å². The summed E-state index contributed by atoms with van der Waals surface area (Å²) in [6, 6.07) is 6.16. The van der Waals surface area contributed by atoms with Crippen LogP contribution in [0.2, 0.25) is 0 Å². The van der Waals surface area contributed by atoms with Gasteiger partial charge in [-0.3, -0.25) is 0 Å². The van der Waals surface area contributed by atoms with Gasteiger partial charge in [0.05, 0.1) is 6.54 Å². The van der Waals surface area contributed by atoms with E-state index in [9.17, 15) is 0 Å². The highest BCUT2D eigenvalue weighted by atomic mass is 16.5. The van der Waals surface area contributed by atoms with Crippen molar-refractivity contribution in [2.24, 2.45) is 0 Å². The number of rotatable bonds is 1. The van der Waals surface area contributed by atoms with Crippen LogP contribution in [0.25, 0.3) is 0 Å². The fourth-order valence-corrected chi connectivity index (χ4v) is 1.73. The maximum Gasteiger partial charge on any atom is 0.123 e. The molecular formula is C13H15NO. The van der Waals surface area contributed by atoms with Crippen LogP contribution in [-0.2, 0) is 6.42 Å². The molecule has 0 fully saturated rings. The van der Waals surface area contributed by atoms with E-state index in [1.165, 1.54) is 5.56 Å². The van der Waals surface area contributed by atoms with Crippen molar-refractivity contribution in [1.29, 1.82) is 0 Å². The van der Waals surface area contributed by atoms with Crippen LogP contribution in [0.4, 0.5) is 0 Å². The first kappa shape index (κ1) is 10.1. The summed E-state index contributed by atoms with van der Waals surface area (Å²) in [7, 11) is 1.90. The van der Waals surface area contributed by atoms with E-state index < -0.39 is 0 Å². The van der Waals surface area contributed by atoms with Gasteiger partial charge in [0.2, 0.25) is 0 Å². The molecule has 0 amide bonds. The van der Waals surface area contributed by atoms with Crippen molar-refractivity contribution in [3.05, 3.63) is 29.3 Å². The smallest absolute Gasteiger partial charge is 0.123 e. The molecule has 1 aromatic rings. The second-order valence-electron chi connectivity index (χ2n) is 3.79. The van der Waals surface area contributed by atoms with Crippen LogP contribution in [-0.4, -0.2) is 19.7 Å². The minimum atomic E-state index is 0.306. The summed E-state index contributed by atoms with van der Waals surface area (Å²) in [4.78, 5) is 0. The van der Waals surface area contributed by atoms with E-state index in [4.69, 9.17) is 4.74 Å². The highest BCUT2D eigenvalue weighted by Gasteiger charge is 2.18. The average molecular weight is 201 g/mol. The third-order valence-corrected chi connectivity index (χ3v) is 2.39. The zero-order valence-corrected chi connectivity index (χ0v) is 9.13. The highest BCUT2D eigenvalue weighted by Crippen LogP contribution is 2.28. The van der Waals surface area contributed by atoms with Crippen molar-refractivity contribution >= 4 is 0 Å². The van der Waals surface area contributed by atoms with E-state index in [1.54, 1.807) is 0 Å². The van der Waals surface area contributed by atoms with Crippen molar-refractivity contribution in [3.8, 4) is 17.6 Å². The molecule has 0 aromatic heterocycles. The fourth-order valence-electron chi connectivity index (χ4n) is 1.73.